The highest BCUT2D eigenvalue weighted by Crippen LogP contribution is 2.22. The van der Waals surface area contributed by atoms with Crippen LogP contribution < -0.4 is 4.90 Å². The highest BCUT2D eigenvalue weighted by atomic mass is 16.5. The summed E-state index contributed by atoms with van der Waals surface area (Å²) in [5.41, 5.74) is 1.22. The van der Waals surface area contributed by atoms with Gasteiger partial charge in [0, 0.05) is 71.0 Å². The third-order valence-corrected chi connectivity index (χ3v) is 6.57. The summed E-state index contributed by atoms with van der Waals surface area (Å²) < 4.78 is 5.39. The third-order valence-electron chi connectivity index (χ3n) is 6.57. The van der Waals surface area contributed by atoms with Crippen LogP contribution in [0.4, 0.5) is 5.69 Å². The fourth-order valence-corrected chi connectivity index (χ4v) is 4.72. The van der Waals surface area contributed by atoms with Gasteiger partial charge in [0.2, 0.25) is 11.8 Å². The molecule has 7 nitrogen and oxygen atoms in total. The SMILES string of the molecule is O=C1CC[C@@H](C(=O)N2CCN(c3ccccc3)CC2)CN1CCCN1CCOCC1. The number of rotatable bonds is 6. The van der Waals surface area contributed by atoms with Gasteiger partial charge in [0.1, 0.15) is 0 Å². The van der Waals surface area contributed by atoms with Gasteiger partial charge in [-0.25, -0.2) is 0 Å². The number of amides is 2. The third kappa shape index (κ3) is 5.32. The van der Waals surface area contributed by atoms with Crippen LogP contribution in [0, 0.1) is 5.92 Å². The molecule has 0 N–H and O–H groups in total. The van der Waals surface area contributed by atoms with Crippen molar-refractivity contribution in [3.05, 3.63) is 30.3 Å². The standard InChI is InChI=1S/C23H34N4O3/c28-22-8-7-20(19-27(22)10-4-9-24-15-17-30-18-16-24)23(29)26-13-11-25(12-14-26)21-5-2-1-3-6-21/h1-3,5-6,20H,4,7-19H2/t20-/m1/s1. The Balaban J connectivity index is 1.23. The predicted octanol–water partition coefficient (Wildman–Crippen LogP) is 1.30. The van der Waals surface area contributed by atoms with Crippen molar-refractivity contribution in [2.75, 3.05) is 77.0 Å². The molecule has 3 aliphatic heterocycles. The molecule has 3 fully saturated rings. The van der Waals surface area contributed by atoms with Crippen LogP contribution in [0.3, 0.4) is 0 Å². The van der Waals surface area contributed by atoms with Crippen molar-refractivity contribution in [1.82, 2.24) is 14.7 Å². The zero-order chi connectivity index (χ0) is 20.8. The molecule has 3 saturated heterocycles. The number of benzene rings is 1. The minimum Gasteiger partial charge on any atom is -0.379 e. The molecule has 30 heavy (non-hydrogen) atoms. The van der Waals surface area contributed by atoms with Crippen molar-refractivity contribution in [3.8, 4) is 0 Å². The normalized spacial score (nSPS) is 23.7. The van der Waals surface area contributed by atoms with Crippen LogP contribution in [0.5, 0.6) is 0 Å². The van der Waals surface area contributed by atoms with Crippen LogP contribution >= 0.6 is 0 Å². The molecule has 1 atom stereocenters. The van der Waals surface area contributed by atoms with Gasteiger partial charge in [-0.3, -0.25) is 14.5 Å². The van der Waals surface area contributed by atoms with Crippen molar-refractivity contribution in [2.45, 2.75) is 19.3 Å². The van der Waals surface area contributed by atoms with Gasteiger partial charge >= 0.3 is 0 Å². The Labute approximate surface area is 179 Å². The molecule has 3 aliphatic rings. The molecular formula is C23H34N4O3. The van der Waals surface area contributed by atoms with Gasteiger partial charge in [0.25, 0.3) is 0 Å². The second-order valence-corrected chi connectivity index (χ2v) is 8.53. The van der Waals surface area contributed by atoms with Crippen molar-refractivity contribution in [3.63, 3.8) is 0 Å². The Hall–Kier alpha value is -2.12. The van der Waals surface area contributed by atoms with Gasteiger partial charge in [0.15, 0.2) is 0 Å². The van der Waals surface area contributed by atoms with Crippen molar-refractivity contribution >= 4 is 17.5 Å². The molecule has 0 spiro atoms. The van der Waals surface area contributed by atoms with E-state index in [1.165, 1.54) is 5.69 Å². The van der Waals surface area contributed by atoms with E-state index in [-0.39, 0.29) is 17.7 Å². The first-order valence-electron chi connectivity index (χ1n) is 11.4. The molecule has 1 aromatic rings. The topological polar surface area (TPSA) is 56.3 Å². The van der Waals surface area contributed by atoms with Crippen molar-refractivity contribution in [1.29, 1.82) is 0 Å². The summed E-state index contributed by atoms with van der Waals surface area (Å²) >= 11 is 0. The fraction of sp³-hybridized carbons (Fsp3) is 0.652. The van der Waals surface area contributed by atoms with Crippen LogP contribution in [-0.4, -0.2) is 98.6 Å². The lowest BCUT2D eigenvalue weighted by molar-refractivity contribution is -0.143. The lowest BCUT2D eigenvalue weighted by Gasteiger charge is -2.39. The monoisotopic (exact) mass is 414 g/mol. The van der Waals surface area contributed by atoms with E-state index in [4.69, 9.17) is 4.74 Å². The quantitative estimate of drug-likeness (QED) is 0.702. The Morgan fingerprint density at radius 3 is 2.43 bits per heavy atom. The number of carbonyl (C=O) groups is 2. The first kappa shape index (κ1) is 21.1. The maximum absolute atomic E-state index is 13.1. The molecule has 2 amide bonds. The first-order chi connectivity index (χ1) is 14.7. The summed E-state index contributed by atoms with van der Waals surface area (Å²) in [5, 5.41) is 0. The number of likely N-dealkylation sites (tertiary alicyclic amines) is 1. The van der Waals surface area contributed by atoms with Gasteiger partial charge < -0.3 is 19.4 Å². The van der Waals surface area contributed by atoms with E-state index >= 15 is 0 Å². The number of ether oxygens (including phenoxy) is 1. The summed E-state index contributed by atoms with van der Waals surface area (Å²) in [6.45, 7) is 9.13. The number of piperazine rings is 1. The molecule has 0 unspecified atom stereocenters. The highest BCUT2D eigenvalue weighted by molar-refractivity contribution is 5.84. The summed E-state index contributed by atoms with van der Waals surface area (Å²) in [5.74, 6) is 0.387. The van der Waals surface area contributed by atoms with Gasteiger partial charge in [-0.05, 0) is 25.0 Å². The molecule has 164 valence electrons. The minimum absolute atomic E-state index is 0.0469. The van der Waals surface area contributed by atoms with Crippen LogP contribution in [0.1, 0.15) is 19.3 Å². The first-order valence-corrected chi connectivity index (χ1v) is 11.4. The zero-order valence-corrected chi connectivity index (χ0v) is 17.9. The molecule has 0 aliphatic carbocycles. The molecule has 1 aromatic carbocycles. The Bertz CT molecular complexity index is 700. The maximum atomic E-state index is 13.1. The van der Waals surface area contributed by atoms with Crippen LogP contribution in [0.15, 0.2) is 30.3 Å². The predicted molar refractivity (Wildman–Crippen MR) is 116 cm³/mol. The number of morpholine rings is 1. The van der Waals surface area contributed by atoms with Crippen molar-refractivity contribution in [2.24, 2.45) is 5.92 Å². The van der Waals surface area contributed by atoms with Crippen LogP contribution in [0.25, 0.3) is 0 Å². The fourth-order valence-electron chi connectivity index (χ4n) is 4.72. The average molecular weight is 415 g/mol. The van der Waals surface area contributed by atoms with Crippen LogP contribution in [-0.2, 0) is 14.3 Å². The molecule has 0 aromatic heterocycles. The summed E-state index contributed by atoms with van der Waals surface area (Å²) in [7, 11) is 0. The van der Waals surface area contributed by atoms with Gasteiger partial charge in [-0.15, -0.1) is 0 Å². The molecule has 0 saturated carbocycles. The number of para-hydroxylation sites is 1. The summed E-state index contributed by atoms with van der Waals surface area (Å²) in [6, 6.07) is 10.4. The number of hydrogen-bond acceptors (Lipinski definition) is 5. The Kier molecular flexibility index (Phi) is 7.23. The average Bonchev–Trinajstić information content (AvgIpc) is 2.81. The van der Waals surface area contributed by atoms with Gasteiger partial charge in [-0.2, -0.15) is 0 Å². The molecule has 4 rings (SSSR count). The Morgan fingerprint density at radius 2 is 1.70 bits per heavy atom. The largest absolute Gasteiger partial charge is 0.379 e. The zero-order valence-electron chi connectivity index (χ0n) is 17.9. The smallest absolute Gasteiger partial charge is 0.227 e. The molecule has 3 heterocycles. The number of anilines is 1. The lowest BCUT2D eigenvalue weighted by atomic mass is 9.95. The minimum atomic E-state index is -0.0469. The maximum Gasteiger partial charge on any atom is 0.227 e. The Morgan fingerprint density at radius 1 is 0.967 bits per heavy atom. The van der Waals surface area contributed by atoms with E-state index in [1.54, 1.807) is 0 Å². The van der Waals surface area contributed by atoms with Crippen LogP contribution in [0.2, 0.25) is 0 Å². The van der Waals surface area contributed by atoms with E-state index in [0.29, 0.717) is 19.4 Å². The van der Waals surface area contributed by atoms with E-state index in [0.717, 1.165) is 72.0 Å². The number of nitrogens with zero attached hydrogens (tertiary/aromatic N) is 4. The van der Waals surface area contributed by atoms with E-state index in [1.807, 2.05) is 15.9 Å². The van der Waals surface area contributed by atoms with Gasteiger partial charge in [0.05, 0.1) is 19.1 Å². The van der Waals surface area contributed by atoms with Gasteiger partial charge in [-0.1, -0.05) is 18.2 Å². The number of piperidine rings is 1. The molecule has 0 radical (unpaired) electrons. The highest BCUT2D eigenvalue weighted by Gasteiger charge is 2.33. The van der Waals surface area contributed by atoms with E-state index < -0.39 is 0 Å². The molecule has 7 heteroatoms. The second kappa shape index (κ2) is 10.3. The van der Waals surface area contributed by atoms with E-state index in [2.05, 4.69) is 34.1 Å². The summed E-state index contributed by atoms with van der Waals surface area (Å²) in [6.07, 6.45) is 2.15. The second-order valence-electron chi connectivity index (χ2n) is 8.53. The lowest BCUT2D eigenvalue weighted by Crippen LogP contribution is -2.53. The number of carbonyl (C=O) groups excluding carboxylic acids is 2. The molecular weight excluding hydrogens is 380 g/mol. The number of hydrogen-bond donors (Lipinski definition) is 0. The van der Waals surface area contributed by atoms with E-state index in [9.17, 15) is 9.59 Å². The van der Waals surface area contributed by atoms with Crippen molar-refractivity contribution < 1.29 is 14.3 Å². The molecule has 0 bridgehead atoms. The summed E-state index contributed by atoms with van der Waals surface area (Å²) in [4.78, 5) is 34.2.